The Balaban J connectivity index is 2.13. The SMILES string of the molecule is Cc1cccc(Cl)c1Nc1nc(N)nc2sccc12. The van der Waals surface area contributed by atoms with Crippen LogP contribution in [0.4, 0.5) is 17.5 Å². The number of nitrogens with one attached hydrogen (secondary N) is 1. The summed E-state index contributed by atoms with van der Waals surface area (Å²) in [5.74, 6) is 0.933. The smallest absolute Gasteiger partial charge is 0.223 e. The highest BCUT2D eigenvalue weighted by molar-refractivity contribution is 7.16. The van der Waals surface area contributed by atoms with Gasteiger partial charge in [-0.2, -0.15) is 4.98 Å². The van der Waals surface area contributed by atoms with Crippen molar-refractivity contribution in [1.29, 1.82) is 0 Å². The van der Waals surface area contributed by atoms with Crippen LogP contribution < -0.4 is 11.1 Å². The first-order valence-electron chi connectivity index (χ1n) is 5.68. The van der Waals surface area contributed by atoms with Crippen LogP contribution >= 0.6 is 22.9 Å². The first kappa shape index (κ1) is 12.2. The number of nitrogens with two attached hydrogens (primary N) is 1. The Hall–Kier alpha value is -1.85. The second-order valence-electron chi connectivity index (χ2n) is 4.13. The van der Waals surface area contributed by atoms with Gasteiger partial charge in [0.05, 0.1) is 16.1 Å². The number of aryl methyl sites for hydroxylation is 1. The topological polar surface area (TPSA) is 63.8 Å². The molecule has 3 N–H and O–H groups in total. The van der Waals surface area contributed by atoms with Crippen molar-refractivity contribution in [3.8, 4) is 0 Å². The van der Waals surface area contributed by atoms with Crippen molar-refractivity contribution in [3.05, 3.63) is 40.2 Å². The molecule has 0 atom stereocenters. The second kappa shape index (κ2) is 4.68. The molecule has 0 bridgehead atoms. The molecule has 1 aromatic carbocycles. The van der Waals surface area contributed by atoms with E-state index in [9.17, 15) is 0 Å². The van der Waals surface area contributed by atoms with Crippen LogP contribution in [0.2, 0.25) is 5.02 Å². The maximum absolute atomic E-state index is 6.21. The highest BCUT2D eigenvalue weighted by Crippen LogP contribution is 2.32. The third kappa shape index (κ3) is 2.22. The number of nitrogens with zero attached hydrogens (tertiary/aromatic N) is 2. The predicted octanol–water partition coefficient (Wildman–Crippen LogP) is 3.98. The largest absolute Gasteiger partial charge is 0.368 e. The lowest BCUT2D eigenvalue weighted by Crippen LogP contribution is -2.01. The van der Waals surface area contributed by atoms with Crippen LogP contribution in [-0.2, 0) is 0 Å². The summed E-state index contributed by atoms with van der Waals surface area (Å²) in [6, 6.07) is 7.71. The number of halogens is 1. The molecular weight excluding hydrogens is 280 g/mol. The van der Waals surface area contributed by atoms with E-state index >= 15 is 0 Å². The first-order chi connectivity index (χ1) is 9.15. The summed E-state index contributed by atoms with van der Waals surface area (Å²) in [4.78, 5) is 9.31. The molecule has 0 aliphatic rings. The monoisotopic (exact) mass is 290 g/mol. The summed E-state index contributed by atoms with van der Waals surface area (Å²) in [6.45, 7) is 1.99. The summed E-state index contributed by atoms with van der Waals surface area (Å²) in [5.41, 5.74) is 7.62. The van der Waals surface area contributed by atoms with Crippen molar-refractivity contribution in [3.63, 3.8) is 0 Å². The van der Waals surface area contributed by atoms with Gasteiger partial charge in [0.1, 0.15) is 10.6 Å². The van der Waals surface area contributed by atoms with Crippen molar-refractivity contribution in [2.75, 3.05) is 11.1 Å². The maximum atomic E-state index is 6.21. The average Bonchev–Trinajstić information content (AvgIpc) is 2.81. The number of hydrogen-bond donors (Lipinski definition) is 2. The number of hydrogen-bond acceptors (Lipinski definition) is 5. The van der Waals surface area contributed by atoms with Gasteiger partial charge in [-0.05, 0) is 30.0 Å². The molecule has 96 valence electrons. The Morgan fingerprint density at radius 3 is 2.89 bits per heavy atom. The fourth-order valence-electron chi connectivity index (χ4n) is 1.88. The number of rotatable bonds is 2. The number of anilines is 3. The van der Waals surface area contributed by atoms with Crippen LogP contribution in [0, 0.1) is 6.92 Å². The molecule has 2 heterocycles. The van der Waals surface area contributed by atoms with Gasteiger partial charge in [0.2, 0.25) is 5.95 Å². The van der Waals surface area contributed by atoms with Gasteiger partial charge in [-0.15, -0.1) is 11.3 Å². The van der Waals surface area contributed by atoms with Crippen molar-refractivity contribution in [1.82, 2.24) is 9.97 Å². The molecule has 4 nitrogen and oxygen atoms in total. The van der Waals surface area contributed by atoms with Gasteiger partial charge in [-0.25, -0.2) is 4.98 Å². The molecule has 0 spiro atoms. The maximum Gasteiger partial charge on any atom is 0.223 e. The van der Waals surface area contributed by atoms with Crippen molar-refractivity contribution >= 4 is 50.6 Å². The molecule has 2 aromatic heterocycles. The lowest BCUT2D eigenvalue weighted by atomic mass is 10.2. The first-order valence-corrected chi connectivity index (χ1v) is 6.94. The van der Waals surface area contributed by atoms with Crippen LogP contribution in [0.3, 0.4) is 0 Å². The normalized spacial score (nSPS) is 10.8. The summed E-state index contributed by atoms with van der Waals surface area (Å²) in [6.07, 6.45) is 0. The molecule has 3 rings (SSSR count). The van der Waals surface area contributed by atoms with E-state index in [0.717, 1.165) is 21.5 Å². The molecule has 0 aliphatic heterocycles. The summed E-state index contributed by atoms with van der Waals surface area (Å²) >= 11 is 7.74. The lowest BCUT2D eigenvalue weighted by molar-refractivity contribution is 1.24. The summed E-state index contributed by atoms with van der Waals surface area (Å²) < 4.78 is 0. The van der Waals surface area contributed by atoms with Crippen LogP contribution in [-0.4, -0.2) is 9.97 Å². The van der Waals surface area contributed by atoms with Crippen molar-refractivity contribution in [2.45, 2.75) is 6.92 Å². The predicted molar refractivity (Wildman–Crippen MR) is 81.3 cm³/mol. The standard InChI is InChI=1S/C13H11ClN4S/c1-7-3-2-4-9(14)10(7)16-11-8-5-6-19-12(8)18-13(15)17-11/h2-6H,1H3,(H3,15,16,17,18). The highest BCUT2D eigenvalue weighted by Gasteiger charge is 2.10. The Morgan fingerprint density at radius 1 is 1.26 bits per heavy atom. The third-order valence-electron chi connectivity index (χ3n) is 2.81. The average molecular weight is 291 g/mol. The number of aromatic nitrogens is 2. The number of nitrogen functional groups attached to an aromatic ring is 1. The molecule has 0 amide bonds. The van der Waals surface area contributed by atoms with E-state index in [-0.39, 0.29) is 5.95 Å². The lowest BCUT2D eigenvalue weighted by Gasteiger charge is -2.11. The van der Waals surface area contributed by atoms with Gasteiger partial charge >= 0.3 is 0 Å². The minimum absolute atomic E-state index is 0.252. The quantitative estimate of drug-likeness (QED) is 0.749. The molecule has 0 aliphatic carbocycles. The molecule has 3 aromatic rings. The molecule has 0 saturated carbocycles. The van der Waals surface area contributed by atoms with Gasteiger partial charge in [0, 0.05) is 0 Å². The molecule has 6 heteroatoms. The number of benzene rings is 1. The zero-order chi connectivity index (χ0) is 13.4. The highest BCUT2D eigenvalue weighted by atomic mass is 35.5. The van der Waals surface area contributed by atoms with E-state index < -0.39 is 0 Å². The second-order valence-corrected chi connectivity index (χ2v) is 5.43. The van der Waals surface area contributed by atoms with Crippen molar-refractivity contribution in [2.24, 2.45) is 0 Å². The van der Waals surface area contributed by atoms with Crippen LogP contribution in [0.5, 0.6) is 0 Å². The number of fused-ring (bicyclic) bond motifs is 1. The summed E-state index contributed by atoms with van der Waals surface area (Å²) in [5, 5.41) is 6.81. The fraction of sp³-hybridized carbons (Fsp3) is 0.0769. The Labute approximate surface area is 119 Å². The Kier molecular flexibility index (Phi) is 3.00. The van der Waals surface area contributed by atoms with E-state index in [1.165, 1.54) is 11.3 Å². The molecule has 0 fully saturated rings. The van der Waals surface area contributed by atoms with E-state index in [1.54, 1.807) is 0 Å². The van der Waals surface area contributed by atoms with Gasteiger partial charge < -0.3 is 11.1 Å². The van der Waals surface area contributed by atoms with Gasteiger partial charge in [-0.1, -0.05) is 23.7 Å². The minimum Gasteiger partial charge on any atom is -0.368 e. The molecule has 19 heavy (non-hydrogen) atoms. The Bertz CT molecular complexity index is 733. The van der Waals surface area contributed by atoms with E-state index in [2.05, 4.69) is 15.3 Å². The minimum atomic E-state index is 0.252. The van der Waals surface area contributed by atoms with E-state index in [0.29, 0.717) is 10.8 Å². The van der Waals surface area contributed by atoms with Gasteiger partial charge in [0.15, 0.2) is 0 Å². The summed E-state index contributed by atoms with van der Waals surface area (Å²) in [7, 11) is 0. The molecule has 0 radical (unpaired) electrons. The van der Waals surface area contributed by atoms with Crippen LogP contribution in [0.15, 0.2) is 29.6 Å². The molecule has 0 saturated heterocycles. The van der Waals surface area contributed by atoms with Crippen molar-refractivity contribution < 1.29 is 0 Å². The third-order valence-corrected chi connectivity index (χ3v) is 3.93. The number of para-hydroxylation sites is 1. The van der Waals surface area contributed by atoms with Gasteiger partial charge in [-0.3, -0.25) is 0 Å². The zero-order valence-corrected chi connectivity index (χ0v) is 11.7. The number of thiophene rings is 1. The molecular formula is C13H11ClN4S. The molecule has 0 unspecified atom stereocenters. The van der Waals surface area contributed by atoms with Gasteiger partial charge in [0.25, 0.3) is 0 Å². The zero-order valence-electron chi connectivity index (χ0n) is 10.1. The Morgan fingerprint density at radius 2 is 2.11 bits per heavy atom. The van der Waals surface area contributed by atoms with E-state index in [4.69, 9.17) is 17.3 Å². The van der Waals surface area contributed by atoms with E-state index in [1.807, 2.05) is 36.6 Å². The fourth-order valence-corrected chi connectivity index (χ4v) is 2.92. The van der Waals surface area contributed by atoms with Crippen LogP contribution in [0.25, 0.3) is 10.2 Å². The van der Waals surface area contributed by atoms with Crippen LogP contribution in [0.1, 0.15) is 5.56 Å².